The fourth-order valence-corrected chi connectivity index (χ4v) is 2.22. The molecular formula is C12H18N4O4. The molecule has 1 saturated heterocycles. The number of aromatic amines is 1. The van der Waals surface area contributed by atoms with Crippen LogP contribution in [0.5, 0.6) is 0 Å². The number of carbonyl (C=O) groups excluding carboxylic acids is 1. The number of aromatic nitrogens is 3. The number of carboxylic acids is 1. The van der Waals surface area contributed by atoms with Crippen LogP contribution in [0, 0.1) is 0 Å². The van der Waals surface area contributed by atoms with Gasteiger partial charge in [0, 0.05) is 6.54 Å². The second-order valence-electron chi connectivity index (χ2n) is 5.69. The number of hydrogen-bond acceptors (Lipinski definition) is 5. The Kier molecular flexibility index (Phi) is 3.65. The van der Waals surface area contributed by atoms with Crippen molar-refractivity contribution in [2.24, 2.45) is 0 Å². The van der Waals surface area contributed by atoms with Crippen LogP contribution in [0.3, 0.4) is 0 Å². The monoisotopic (exact) mass is 282 g/mol. The van der Waals surface area contributed by atoms with Gasteiger partial charge in [0.15, 0.2) is 5.69 Å². The molecule has 0 spiro atoms. The molecule has 1 aliphatic heterocycles. The molecule has 8 nitrogen and oxygen atoms in total. The van der Waals surface area contributed by atoms with Crippen LogP contribution in [-0.4, -0.2) is 49.6 Å². The molecule has 1 aromatic heterocycles. The second-order valence-corrected chi connectivity index (χ2v) is 5.69. The van der Waals surface area contributed by atoms with Crippen LogP contribution in [0.4, 0.5) is 4.79 Å². The lowest BCUT2D eigenvalue weighted by Crippen LogP contribution is -2.36. The SMILES string of the molecule is CC(C)(C)OC(=O)N1CCCC1c1n[nH]nc1C(=O)O. The predicted octanol–water partition coefficient (Wildman–Crippen LogP) is 1.57. The Morgan fingerprint density at radius 2 is 2.10 bits per heavy atom. The molecule has 2 rings (SSSR count). The van der Waals surface area contributed by atoms with Crippen molar-refractivity contribution in [1.82, 2.24) is 20.3 Å². The smallest absolute Gasteiger partial charge is 0.410 e. The largest absolute Gasteiger partial charge is 0.476 e. The van der Waals surface area contributed by atoms with Crippen molar-refractivity contribution in [1.29, 1.82) is 0 Å². The summed E-state index contributed by atoms with van der Waals surface area (Å²) in [7, 11) is 0. The molecule has 0 bridgehead atoms. The van der Waals surface area contributed by atoms with Crippen molar-refractivity contribution in [3.63, 3.8) is 0 Å². The van der Waals surface area contributed by atoms with Crippen molar-refractivity contribution < 1.29 is 19.4 Å². The summed E-state index contributed by atoms with van der Waals surface area (Å²) in [4.78, 5) is 24.7. The zero-order valence-electron chi connectivity index (χ0n) is 11.7. The Hall–Kier alpha value is -2.12. The van der Waals surface area contributed by atoms with Gasteiger partial charge in [0.1, 0.15) is 11.3 Å². The molecule has 0 saturated carbocycles. The minimum absolute atomic E-state index is 0.148. The van der Waals surface area contributed by atoms with E-state index in [1.54, 1.807) is 20.8 Å². The van der Waals surface area contributed by atoms with Gasteiger partial charge < -0.3 is 9.84 Å². The first-order valence-electron chi connectivity index (χ1n) is 6.43. The highest BCUT2D eigenvalue weighted by molar-refractivity contribution is 5.86. The highest BCUT2D eigenvalue weighted by Crippen LogP contribution is 2.33. The van der Waals surface area contributed by atoms with Crippen LogP contribution in [0.15, 0.2) is 0 Å². The van der Waals surface area contributed by atoms with Crippen LogP contribution in [0.1, 0.15) is 55.8 Å². The molecule has 0 radical (unpaired) electrons. The van der Waals surface area contributed by atoms with Gasteiger partial charge in [-0.3, -0.25) is 4.90 Å². The molecule has 8 heteroatoms. The molecule has 0 aliphatic carbocycles. The number of aromatic carboxylic acids is 1. The molecule has 1 fully saturated rings. The predicted molar refractivity (Wildman–Crippen MR) is 68.3 cm³/mol. The number of hydrogen-bond donors (Lipinski definition) is 2. The van der Waals surface area contributed by atoms with Gasteiger partial charge in [-0.2, -0.15) is 10.3 Å². The van der Waals surface area contributed by atoms with E-state index in [1.807, 2.05) is 0 Å². The standard InChI is InChI=1S/C12H18N4O4/c1-12(2,3)20-11(19)16-6-4-5-7(16)8-9(10(17)18)14-15-13-8/h7H,4-6H2,1-3H3,(H,17,18)(H,13,14,15). The first-order valence-corrected chi connectivity index (χ1v) is 6.43. The molecule has 1 aromatic rings. The van der Waals surface area contributed by atoms with Crippen LogP contribution in [0.25, 0.3) is 0 Å². The van der Waals surface area contributed by atoms with E-state index in [-0.39, 0.29) is 11.4 Å². The lowest BCUT2D eigenvalue weighted by atomic mass is 10.1. The Morgan fingerprint density at radius 1 is 1.40 bits per heavy atom. The molecule has 2 N–H and O–H groups in total. The van der Waals surface area contributed by atoms with Gasteiger partial charge in [-0.1, -0.05) is 0 Å². The van der Waals surface area contributed by atoms with E-state index >= 15 is 0 Å². The van der Waals surface area contributed by atoms with E-state index in [9.17, 15) is 9.59 Å². The van der Waals surface area contributed by atoms with Crippen LogP contribution in [-0.2, 0) is 4.74 Å². The van der Waals surface area contributed by atoms with E-state index in [1.165, 1.54) is 4.90 Å². The molecule has 1 aliphatic rings. The number of rotatable bonds is 2. The van der Waals surface area contributed by atoms with Gasteiger partial charge in [0.05, 0.1) is 6.04 Å². The van der Waals surface area contributed by atoms with Gasteiger partial charge in [0.25, 0.3) is 0 Å². The third-order valence-corrected chi connectivity index (χ3v) is 2.97. The average Bonchev–Trinajstić information content (AvgIpc) is 2.95. The molecule has 2 heterocycles. The van der Waals surface area contributed by atoms with E-state index < -0.39 is 23.7 Å². The molecular weight excluding hydrogens is 264 g/mol. The third kappa shape index (κ3) is 2.89. The van der Waals surface area contributed by atoms with Crippen LogP contribution < -0.4 is 0 Å². The lowest BCUT2D eigenvalue weighted by Gasteiger charge is -2.27. The molecule has 1 atom stereocenters. The van der Waals surface area contributed by atoms with Crippen LogP contribution >= 0.6 is 0 Å². The zero-order chi connectivity index (χ0) is 14.9. The van der Waals surface area contributed by atoms with Gasteiger partial charge in [-0.05, 0) is 33.6 Å². The Labute approximate surface area is 116 Å². The van der Waals surface area contributed by atoms with Gasteiger partial charge in [-0.25, -0.2) is 9.59 Å². The number of carboxylic acid groups (broad SMARTS) is 1. The molecule has 1 unspecified atom stereocenters. The zero-order valence-corrected chi connectivity index (χ0v) is 11.7. The minimum atomic E-state index is -1.16. The Morgan fingerprint density at radius 3 is 2.70 bits per heavy atom. The normalized spacial score (nSPS) is 19.1. The highest BCUT2D eigenvalue weighted by Gasteiger charge is 2.37. The summed E-state index contributed by atoms with van der Waals surface area (Å²) in [5.74, 6) is -1.16. The highest BCUT2D eigenvalue weighted by atomic mass is 16.6. The van der Waals surface area contributed by atoms with Crippen LogP contribution in [0.2, 0.25) is 0 Å². The fraction of sp³-hybridized carbons (Fsp3) is 0.667. The summed E-state index contributed by atoms with van der Waals surface area (Å²) in [6.45, 7) is 5.88. The number of nitrogens with zero attached hydrogens (tertiary/aromatic N) is 3. The number of carbonyl (C=O) groups is 2. The second kappa shape index (κ2) is 5.10. The molecule has 110 valence electrons. The summed E-state index contributed by atoms with van der Waals surface area (Å²) in [5.41, 5.74) is -0.463. The maximum atomic E-state index is 12.1. The van der Waals surface area contributed by atoms with Gasteiger partial charge >= 0.3 is 12.1 Å². The minimum Gasteiger partial charge on any atom is -0.476 e. The number of nitrogens with one attached hydrogen (secondary N) is 1. The maximum Gasteiger partial charge on any atom is 0.410 e. The molecule has 0 aromatic carbocycles. The van der Waals surface area contributed by atoms with E-state index in [0.717, 1.165) is 6.42 Å². The van der Waals surface area contributed by atoms with Crippen molar-refractivity contribution in [3.8, 4) is 0 Å². The summed E-state index contributed by atoms with van der Waals surface area (Å²) in [6.07, 6.45) is 0.960. The summed E-state index contributed by atoms with van der Waals surface area (Å²) in [5, 5.41) is 18.9. The van der Waals surface area contributed by atoms with Crippen molar-refractivity contribution in [3.05, 3.63) is 11.4 Å². The van der Waals surface area contributed by atoms with E-state index in [2.05, 4.69) is 15.4 Å². The third-order valence-electron chi connectivity index (χ3n) is 2.97. The van der Waals surface area contributed by atoms with E-state index in [4.69, 9.17) is 9.84 Å². The molecule has 20 heavy (non-hydrogen) atoms. The van der Waals surface area contributed by atoms with E-state index in [0.29, 0.717) is 13.0 Å². The lowest BCUT2D eigenvalue weighted by molar-refractivity contribution is 0.0219. The average molecular weight is 282 g/mol. The Bertz CT molecular complexity index is 520. The number of H-pyrrole nitrogens is 1. The number of ether oxygens (including phenoxy) is 1. The number of likely N-dealkylation sites (tertiary alicyclic amines) is 1. The topological polar surface area (TPSA) is 108 Å². The maximum absolute atomic E-state index is 12.1. The van der Waals surface area contributed by atoms with Gasteiger partial charge in [-0.15, -0.1) is 5.10 Å². The summed E-state index contributed by atoms with van der Waals surface area (Å²) >= 11 is 0. The first kappa shape index (κ1) is 14.3. The molecule has 1 amide bonds. The first-order chi connectivity index (χ1) is 9.29. The van der Waals surface area contributed by atoms with Crippen molar-refractivity contribution in [2.45, 2.75) is 45.3 Å². The number of amides is 1. The van der Waals surface area contributed by atoms with Crippen molar-refractivity contribution >= 4 is 12.1 Å². The summed E-state index contributed by atoms with van der Waals surface area (Å²) < 4.78 is 5.33. The Balaban J connectivity index is 2.21. The van der Waals surface area contributed by atoms with Crippen molar-refractivity contribution in [2.75, 3.05) is 6.54 Å². The quantitative estimate of drug-likeness (QED) is 0.852. The summed E-state index contributed by atoms with van der Waals surface area (Å²) in [6, 6.07) is -0.408. The van der Waals surface area contributed by atoms with Gasteiger partial charge in [0.2, 0.25) is 0 Å². The fourth-order valence-electron chi connectivity index (χ4n) is 2.22.